The Morgan fingerprint density at radius 2 is 2.14 bits per heavy atom. The van der Waals surface area contributed by atoms with E-state index in [0.717, 1.165) is 19.1 Å². The summed E-state index contributed by atoms with van der Waals surface area (Å²) in [5.41, 5.74) is 2.73. The number of nitrogens with zero attached hydrogens (tertiary/aromatic N) is 1. The van der Waals surface area contributed by atoms with Crippen LogP contribution in [0.15, 0.2) is 22.7 Å². The maximum absolute atomic E-state index is 3.76. The minimum atomic E-state index is 0.696. The lowest BCUT2D eigenvalue weighted by molar-refractivity contribution is 0.450. The molecule has 1 saturated heterocycles. The summed E-state index contributed by atoms with van der Waals surface area (Å²) < 4.78 is 1.23. The summed E-state index contributed by atoms with van der Waals surface area (Å²) in [4.78, 5) is 2.60. The van der Waals surface area contributed by atoms with Crippen molar-refractivity contribution in [2.45, 2.75) is 59.0 Å². The quantitative estimate of drug-likeness (QED) is 0.777. The van der Waals surface area contributed by atoms with Crippen LogP contribution in [0.1, 0.15) is 52.0 Å². The number of nitrogens with one attached hydrogen (secondary N) is 1. The number of piperidine rings is 1. The number of hydrogen-bond donors (Lipinski definition) is 1. The van der Waals surface area contributed by atoms with Gasteiger partial charge < -0.3 is 10.2 Å². The Morgan fingerprint density at radius 3 is 2.81 bits per heavy atom. The summed E-state index contributed by atoms with van der Waals surface area (Å²) in [6.07, 6.45) is 5.29. The van der Waals surface area contributed by atoms with Gasteiger partial charge in [-0.3, -0.25) is 0 Å². The Balaban J connectivity index is 2.03. The van der Waals surface area contributed by atoms with Gasteiger partial charge in [0.1, 0.15) is 0 Å². The molecule has 1 fully saturated rings. The molecule has 1 aliphatic rings. The standard InChI is InChI=1S/C18H29BrN2/c1-4-16-7-5-6-10-21(16)17-9-8-15(18(19)11-17)13-20-12-14(2)3/h8-9,11,14,16,20H,4-7,10,12-13H2,1-3H3. The van der Waals surface area contributed by atoms with Crippen molar-refractivity contribution in [1.29, 1.82) is 0 Å². The van der Waals surface area contributed by atoms with Crippen molar-refractivity contribution < 1.29 is 0 Å². The maximum Gasteiger partial charge on any atom is 0.0380 e. The van der Waals surface area contributed by atoms with Gasteiger partial charge in [0, 0.05) is 29.3 Å². The largest absolute Gasteiger partial charge is 0.369 e. The van der Waals surface area contributed by atoms with Crippen LogP contribution in [0.2, 0.25) is 0 Å². The second-order valence-electron chi connectivity index (χ2n) is 6.55. The molecule has 1 atom stereocenters. The topological polar surface area (TPSA) is 15.3 Å². The van der Waals surface area contributed by atoms with Crippen molar-refractivity contribution in [3.05, 3.63) is 28.2 Å². The molecule has 0 aliphatic carbocycles. The van der Waals surface area contributed by atoms with Crippen LogP contribution in [0.3, 0.4) is 0 Å². The fourth-order valence-electron chi connectivity index (χ4n) is 3.12. The fraction of sp³-hybridized carbons (Fsp3) is 0.667. The van der Waals surface area contributed by atoms with Crippen LogP contribution in [-0.2, 0) is 6.54 Å². The molecule has 1 aromatic carbocycles. The number of benzene rings is 1. The van der Waals surface area contributed by atoms with Gasteiger partial charge >= 0.3 is 0 Å². The molecule has 1 unspecified atom stereocenters. The van der Waals surface area contributed by atoms with Crippen molar-refractivity contribution in [3.63, 3.8) is 0 Å². The highest BCUT2D eigenvalue weighted by Crippen LogP contribution is 2.30. The summed E-state index contributed by atoms with van der Waals surface area (Å²) in [5, 5.41) is 3.52. The molecule has 0 bridgehead atoms. The molecule has 118 valence electrons. The summed E-state index contributed by atoms with van der Waals surface area (Å²) >= 11 is 3.76. The minimum absolute atomic E-state index is 0.696. The molecular weight excluding hydrogens is 324 g/mol. The zero-order valence-electron chi connectivity index (χ0n) is 13.7. The van der Waals surface area contributed by atoms with Gasteiger partial charge in [-0.15, -0.1) is 0 Å². The molecule has 0 spiro atoms. The van der Waals surface area contributed by atoms with Gasteiger partial charge in [0.05, 0.1) is 0 Å². The molecule has 0 aromatic heterocycles. The average molecular weight is 353 g/mol. The summed E-state index contributed by atoms with van der Waals surface area (Å²) in [6, 6.07) is 7.59. The predicted octanol–water partition coefficient (Wildman–Crippen LogP) is 4.96. The van der Waals surface area contributed by atoms with Gasteiger partial charge in [-0.25, -0.2) is 0 Å². The fourth-order valence-corrected chi connectivity index (χ4v) is 3.63. The number of halogens is 1. The van der Waals surface area contributed by atoms with E-state index in [0.29, 0.717) is 5.92 Å². The van der Waals surface area contributed by atoms with Crippen LogP contribution in [0, 0.1) is 5.92 Å². The maximum atomic E-state index is 3.76. The minimum Gasteiger partial charge on any atom is -0.369 e. The molecule has 0 saturated carbocycles. The number of anilines is 1. The van der Waals surface area contributed by atoms with Crippen LogP contribution in [0.25, 0.3) is 0 Å². The predicted molar refractivity (Wildman–Crippen MR) is 96.0 cm³/mol. The Kier molecular flexibility index (Phi) is 6.56. The van der Waals surface area contributed by atoms with Gasteiger partial charge in [-0.05, 0) is 55.8 Å². The first-order valence-electron chi connectivity index (χ1n) is 8.37. The van der Waals surface area contributed by atoms with E-state index in [9.17, 15) is 0 Å². The van der Waals surface area contributed by atoms with Crippen molar-refractivity contribution in [2.75, 3.05) is 18.0 Å². The van der Waals surface area contributed by atoms with E-state index in [1.165, 1.54) is 48.0 Å². The van der Waals surface area contributed by atoms with E-state index >= 15 is 0 Å². The van der Waals surface area contributed by atoms with E-state index in [2.05, 4.69) is 65.1 Å². The molecule has 1 N–H and O–H groups in total. The first-order valence-corrected chi connectivity index (χ1v) is 9.17. The third-order valence-corrected chi connectivity index (χ3v) is 5.07. The Morgan fingerprint density at radius 1 is 1.33 bits per heavy atom. The average Bonchev–Trinajstić information content (AvgIpc) is 2.48. The van der Waals surface area contributed by atoms with Crippen molar-refractivity contribution in [3.8, 4) is 0 Å². The Hall–Kier alpha value is -0.540. The molecule has 0 amide bonds. The molecular formula is C18H29BrN2. The van der Waals surface area contributed by atoms with Gasteiger partial charge in [-0.2, -0.15) is 0 Å². The molecule has 21 heavy (non-hydrogen) atoms. The summed E-state index contributed by atoms with van der Waals surface area (Å²) in [6.45, 7) is 10.0. The van der Waals surface area contributed by atoms with E-state index < -0.39 is 0 Å². The monoisotopic (exact) mass is 352 g/mol. The van der Waals surface area contributed by atoms with E-state index in [-0.39, 0.29) is 0 Å². The third kappa shape index (κ3) is 4.72. The number of rotatable bonds is 6. The first kappa shape index (κ1) is 16.8. The zero-order chi connectivity index (χ0) is 15.2. The van der Waals surface area contributed by atoms with Gasteiger partial charge in [0.15, 0.2) is 0 Å². The van der Waals surface area contributed by atoms with Crippen molar-refractivity contribution in [2.24, 2.45) is 5.92 Å². The molecule has 1 heterocycles. The van der Waals surface area contributed by atoms with E-state index in [1.807, 2.05) is 0 Å². The number of hydrogen-bond acceptors (Lipinski definition) is 2. The lowest BCUT2D eigenvalue weighted by atomic mass is 9.99. The lowest BCUT2D eigenvalue weighted by Crippen LogP contribution is -2.39. The lowest BCUT2D eigenvalue weighted by Gasteiger charge is -2.37. The van der Waals surface area contributed by atoms with Crippen molar-refractivity contribution >= 4 is 21.6 Å². The Bertz CT molecular complexity index is 445. The smallest absolute Gasteiger partial charge is 0.0380 e. The van der Waals surface area contributed by atoms with Gasteiger partial charge in [0.25, 0.3) is 0 Å². The summed E-state index contributed by atoms with van der Waals surface area (Å²) in [5.74, 6) is 0.696. The van der Waals surface area contributed by atoms with E-state index in [4.69, 9.17) is 0 Å². The second-order valence-corrected chi connectivity index (χ2v) is 7.41. The summed E-state index contributed by atoms with van der Waals surface area (Å²) in [7, 11) is 0. The van der Waals surface area contributed by atoms with Gasteiger partial charge in [0.2, 0.25) is 0 Å². The van der Waals surface area contributed by atoms with Gasteiger partial charge in [-0.1, -0.05) is 42.8 Å². The molecule has 3 heteroatoms. The molecule has 2 rings (SSSR count). The van der Waals surface area contributed by atoms with Crippen LogP contribution in [-0.4, -0.2) is 19.1 Å². The highest BCUT2D eigenvalue weighted by molar-refractivity contribution is 9.10. The van der Waals surface area contributed by atoms with E-state index in [1.54, 1.807) is 0 Å². The van der Waals surface area contributed by atoms with Crippen LogP contribution in [0.5, 0.6) is 0 Å². The van der Waals surface area contributed by atoms with Crippen LogP contribution in [0.4, 0.5) is 5.69 Å². The highest BCUT2D eigenvalue weighted by atomic mass is 79.9. The molecule has 2 nitrogen and oxygen atoms in total. The normalized spacial score (nSPS) is 19.3. The third-order valence-electron chi connectivity index (χ3n) is 4.33. The zero-order valence-corrected chi connectivity index (χ0v) is 15.2. The van der Waals surface area contributed by atoms with Crippen LogP contribution < -0.4 is 10.2 Å². The van der Waals surface area contributed by atoms with Crippen LogP contribution >= 0.6 is 15.9 Å². The Labute approximate surface area is 138 Å². The highest BCUT2D eigenvalue weighted by Gasteiger charge is 2.21. The first-order chi connectivity index (χ1) is 10.1. The SMILES string of the molecule is CCC1CCCCN1c1ccc(CNCC(C)C)c(Br)c1. The molecule has 1 aromatic rings. The molecule has 1 aliphatic heterocycles. The second kappa shape index (κ2) is 8.19. The van der Waals surface area contributed by atoms with Crippen molar-refractivity contribution in [1.82, 2.24) is 5.32 Å². The molecule has 0 radical (unpaired) electrons.